The Bertz CT molecular complexity index is 638. The molecule has 3 heterocycles. The Hall–Kier alpha value is -1.52. The zero-order valence-electron chi connectivity index (χ0n) is 12.9. The number of aromatic amines is 1. The lowest BCUT2D eigenvalue weighted by atomic mass is 10.1. The molecule has 0 radical (unpaired) electrons. The number of aliphatic hydroxyl groups is 1. The molecule has 1 aromatic rings. The molecule has 3 rings (SSSR count). The van der Waals surface area contributed by atoms with Crippen molar-refractivity contribution in [3.8, 4) is 0 Å². The van der Waals surface area contributed by atoms with Gasteiger partial charge in [0, 0.05) is 39.0 Å². The Morgan fingerprint density at radius 2 is 2.13 bits per heavy atom. The summed E-state index contributed by atoms with van der Waals surface area (Å²) >= 11 is 0. The molecule has 4 atom stereocenters. The molecule has 2 saturated heterocycles. The molecular formula is C14H21N3O6. The van der Waals surface area contributed by atoms with Gasteiger partial charge in [-0.2, -0.15) is 0 Å². The van der Waals surface area contributed by atoms with E-state index < -0.39 is 35.8 Å². The molecule has 4 unspecified atom stereocenters. The van der Waals surface area contributed by atoms with E-state index in [1.165, 1.54) is 23.9 Å². The molecule has 2 aliphatic heterocycles. The van der Waals surface area contributed by atoms with Gasteiger partial charge in [0.1, 0.15) is 18.3 Å². The van der Waals surface area contributed by atoms with Crippen molar-refractivity contribution in [2.24, 2.45) is 0 Å². The van der Waals surface area contributed by atoms with Gasteiger partial charge in [-0.25, -0.2) is 4.79 Å². The van der Waals surface area contributed by atoms with Crippen molar-refractivity contribution in [1.29, 1.82) is 0 Å². The molecule has 0 spiro atoms. The highest BCUT2D eigenvalue weighted by molar-refractivity contribution is 4.95. The van der Waals surface area contributed by atoms with E-state index in [1.54, 1.807) is 0 Å². The number of hydrogen-bond acceptors (Lipinski definition) is 7. The van der Waals surface area contributed by atoms with E-state index in [1.807, 2.05) is 0 Å². The average Bonchev–Trinajstić information content (AvgIpc) is 2.84. The third-order valence-electron chi connectivity index (χ3n) is 4.25. The Morgan fingerprint density at radius 1 is 1.39 bits per heavy atom. The third-order valence-corrected chi connectivity index (χ3v) is 4.25. The van der Waals surface area contributed by atoms with E-state index in [-0.39, 0.29) is 0 Å². The number of H-pyrrole nitrogens is 1. The van der Waals surface area contributed by atoms with Crippen molar-refractivity contribution in [2.45, 2.75) is 24.5 Å². The minimum atomic E-state index is -0.869. The van der Waals surface area contributed by atoms with Crippen LogP contribution in [0.5, 0.6) is 0 Å². The molecule has 0 amide bonds. The maximum Gasteiger partial charge on any atom is 0.330 e. The number of nitrogens with one attached hydrogen (secondary N) is 1. The van der Waals surface area contributed by atoms with Crippen LogP contribution in [-0.4, -0.2) is 77.8 Å². The quantitative estimate of drug-likeness (QED) is 0.668. The number of morpholine rings is 1. The molecule has 0 aromatic carbocycles. The second kappa shape index (κ2) is 6.93. The maximum atomic E-state index is 12.0. The fourth-order valence-electron chi connectivity index (χ4n) is 3.01. The van der Waals surface area contributed by atoms with Gasteiger partial charge in [0.25, 0.3) is 5.56 Å². The molecule has 1 aromatic heterocycles. The van der Waals surface area contributed by atoms with Gasteiger partial charge in [0.2, 0.25) is 0 Å². The first-order valence-electron chi connectivity index (χ1n) is 7.58. The van der Waals surface area contributed by atoms with Crippen LogP contribution in [0.2, 0.25) is 0 Å². The molecule has 2 N–H and O–H groups in total. The van der Waals surface area contributed by atoms with Gasteiger partial charge in [-0.1, -0.05) is 0 Å². The standard InChI is InChI=1S/C14H21N3O6/c1-21-12-11(19)9(8-16-4-6-22-7-5-16)23-13(12)17-3-2-10(18)15-14(17)20/h2-3,9,11-13,19H,4-8H2,1H3,(H,15,18,20). The summed E-state index contributed by atoms with van der Waals surface area (Å²) in [5.41, 5.74) is -1.08. The molecular weight excluding hydrogens is 306 g/mol. The molecule has 2 fully saturated rings. The lowest BCUT2D eigenvalue weighted by Gasteiger charge is -2.29. The summed E-state index contributed by atoms with van der Waals surface area (Å²) in [6, 6.07) is 1.24. The zero-order chi connectivity index (χ0) is 16.4. The molecule has 9 heteroatoms. The fourth-order valence-corrected chi connectivity index (χ4v) is 3.01. The second-order valence-corrected chi connectivity index (χ2v) is 5.69. The van der Waals surface area contributed by atoms with Crippen LogP contribution in [0.15, 0.2) is 21.9 Å². The average molecular weight is 327 g/mol. The summed E-state index contributed by atoms with van der Waals surface area (Å²) in [5, 5.41) is 10.5. The monoisotopic (exact) mass is 327 g/mol. The van der Waals surface area contributed by atoms with Crippen LogP contribution in [0.4, 0.5) is 0 Å². The highest BCUT2D eigenvalue weighted by atomic mass is 16.6. The number of aliphatic hydroxyl groups excluding tert-OH is 1. The van der Waals surface area contributed by atoms with Crippen LogP contribution in [0, 0.1) is 0 Å². The first-order valence-corrected chi connectivity index (χ1v) is 7.58. The summed E-state index contributed by atoms with van der Waals surface area (Å²) < 4.78 is 17.7. The molecule has 0 aliphatic carbocycles. The van der Waals surface area contributed by atoms with Crippen LogP contribution in [-0.2, 0) is 14.2 Å². The van der Waals surface area contributed by atoms with Crippen molar-refractivity contribution in [3.05, 3.63) is 33.1 Å². The van der Waals surface area contributed by atoms with Gasteiger partial charge < -0.3 is 19.3 Å². The van der Waals surface area contributed by atoms with Crippen LogP contribution in [0.1, 0.15) is 6.23 Å². The van der Waals surface area contributed by atoms with E-state index >= 15 is 0 Å². The van der Waals surface area contributed by atoms with E-state index in [4.69, 9.17) is 14.2 Å². The number of aromatic nitrogens is 2. The van der Waals surface area contributed by atoms with E-state index in [0.29, 0.717) is 19.8 Å². The van der Waals surface area contributed by atoms with Crippen molar-refractivity contribution in [3.63, 3.8) is 0 Å². The van der Waals surface area contributed by atoms with Gasteiger partial charge in [-0.15, -0.1) is 0 Å². The number of rotatable bonds is 4. The largest absolute Gasteiger partial charge is 0.387 e. The van der Waals surface area contributed by atoms with Crippen LogP contribution < -0.4 is 11.2 Å². The molecule has 23 heavy (non-hydrogen) atoms. The second-order valence-electron chi connectivity index (χ2n) is 5.69. The first-order chi connectivity index (χ1) is 11.1. The molecule has 128 valence electrons. The van der Waals surface area contributed by atoms with Crippen LogP contribution >= 0.6 is 0 Å². The number of nitrogens with zero attached hydrogens (tertiary/aromatic N) is 2. The minimum absolute atomic E-state index is 0.483. The van der Waals surface area contributed by atoms with E-state index in [9.17, 15) is 14.7 Å². The minimum Gasteiger partial charge on any atom is -0.387 e. The highest BCUT2D eigenvalue weighted by Gasteiger charge is 2.45. The summed E-state index contributed by atoms with van der Waals surface area (Å²) in [5.74, 6) is 0. The summed E-state index contributed by atoms with van der Waals surface area (Å²) in [4.78, 5) is 27.5. The summed E-state index contributed by atoms with van der Waals surface area (Å²) in [7, 11) is 1.46. The Morgan fingerprint density at radius 3 is 2.78 bits per heavy atom. The highest BCUT2D eigenvalue weighted by Crippen LogP contribution is 2.30. The maximum absolute atomic E-state index is 12.0. The predicted octanol–water partition coefficient (Wildman–Crippen LogP) is -1.86. The Balaban J connectivity index is 1.78. The predicted molar refractivity (Wildman–Crippen MR) is 79.3 cm³/mol. The topological polar surface area (TPSA) is 106 Å². The Labute approximate surface area is 132 Å². The smallest absolute Gasteiger partial charge is 0.330 e. The van der Waals surface area contributed by atoms with Crippen molar-refractivity contribution < 1.29 is 19.3 Å². The van der Waals surface area contributed by atoms with Crippen molar-refractivity contribution >= 4 is 0 Å². The number of hydrogen-bond donors (Lipinski definition) is 2. The van der Waals surface area contributed by atoms with E-state index in [0.717, 1.165) is 13.1 Å². The number of methoxy groups -OCH3 is 1. The van der Waals surface area contributed by atoms with Crippen molar-refractivity contribution in [1.82, 2.24) is 14.5 Å². The molecule has 0 saturated carbocycles. The molecule has 0 bridgehead atoms. The Kier molecular flexibility index (Phi) is 4.93. The SMILES string of the molecule is COC1C(O)C(CN2CCOCC2)OC1n1ccc(=O)[nH]c1=O. The lowest BCUT2D eigenvalue weighted by Crippen LogP contribution is -2.45. The first kappa shape index (κ1) is 16.3. The third kappa shape index (κ3) is 3.38. The zero-order valence-corrected chi connectivity index (χ0v) is 12.9. The van der Waals surface area contributed by atoms with E-state index in [2.05, 4.69) is 9.88 Å². The molecule has 9 nitrogen and oxygen atoms in total. The summed E-state index contributed by atoms with van der Waals surface area (Å²) in [6.07, 6.45) is -1.48. The van der Waals surface area contributed by atoms with Gasteiger partial charge in [0.05, 0.1) is 13.2 Å². The molecule has 2 aliphatic rings. The van der Waals surface area contributed by atoms with Gasteiger partial charge in [-0.3, -0.25) is 19.2 Å². The van der Waals surface area contributed by atoms with Crippen LogP contribution in [0.3, 0.4) is 0 Å². The fraction of sp³-hybridized carbons (Fsp3) is 0.714. The number of ether oxygens (including phenoxy) is 3. The van der Waals surface area contributed by atoms with Gasteiger partial charge >= 0.3 is 5.69 Å². The normalized spacial score (nSPS) is 32.3. The summed E-state index contributed by atoms with van der Waals surface area (Å²) in [6.45, 7) is 3.37. The van der Waals surface area contributed by atoms with Crippen LogP contribution in [0.25, 0.3) is 0 Å². The van der Waals surface area contributed by atoms with Crippen molar-refractivity contribution in [2.75, 3.05) is 40.0 Å². The van der Waals surface area contributed by atoms with Gasteiger partial charge in [-0.05, 0) is 0 Å². The lowest BCUT2D eigenvalue weighted by molar-refractivity contribution is -0.0641. The van der Waals surface area contributed by atoms with Gasteiger partial charge in [0.15, 0.2) is 6.23 Å².